The second-order valence-corrected chi connectivity index (χ2v) is 3.61. The summed E-state index contributed by atoms with van der Waals surface area (Å²) in [5.41, 5.74) is 0.864. The van der Waals surface area contributed by atoms with Crippen molar-refractivity contribution in [3.8, 4) is 0 Å². The maximum atomic E-state index is 9.50. The Labute approximate surface area is 96.7 Å². The lowest BCUT2D eigenvalue weighted by molar-refractivity contribution is 0.199. The molecule has 1 N–H and O–H groups in total. The molecule has 0 aliphatic rings. The van der Waals surface area contributed by atoms with E-state index in [1.54, 1.807) is 13.1 Å². The van der Waals surface area contributed by atoms with E-state index in [9.17, 15) is 5.11 Å². The molecule has 3 nitrogen and oxygen atoms in total. The van der Waals surface area contributed by atoms with Crippen LogP contribution >= 0.6 is 0 Å². The molecule has 0 unspecified atom stereocenters. The Hall–Kier alpha value is -1.61. The van der Waals surface area contributed by atoms with E-state index in [4.69, 9.17) is 0 Å². The van der Waals surface area contributed by atoms with E-state index >= 15 is 0 Å². The third-order valence-electron chi connectivity index (χ3n) is 2.27. The van der Waals surface area contributed by atoms with Gasteiger partial charge in [-0.25, -0.2) is 4.98 Å². The SMILES string of the molecule is C=CCN(CC=C)c1cc([C@@H](C)O)ccn1. The minimum Gasteiger partial charge on any atom is -0.389 e. The fourth-order valence-electron chi connectivity index (χ4n) is 1.44. The first-order valence-corrected chi connectivity index (χ1v) is 5.29. The lowest BCUT2D eigenvalue weighted by Crippen LogP contribution is -2.24. The lowest BCUT2D eigenvalue weighted by atomic mass is 10.1. The van der Waals surface area contributed by atoms with Crippen LogP contribution in [-0.2, 0) is 0 Å². The van der Waals surface area contributed by atoms with Gasteiger partial charge >= 0.3 is 0 Å². The van der Waals surface area contributed by atoms with Gasteiger partial charge in [0.05, 0.1) is 6.10 Å². The van der Waals surface area contributed by atoms with Gasteiger partial charge in [0.1, 0.15) is 5.82 Å². The number of hydrogen-bond acceptors (Lipinski definition) is 3. The molecule has 1 aromatic heterocycles. The van der Waals surface area contributed by atoms with Gasteiger partial charge in [0.25, 0.3) is 0 Å². The number of aromatic nitrogens is 1. The maximum Gasteiger partial charge on any atom is 0.129 e. The molecule has 3 heteroatoms. The Morgan fingerprint density at radius 3 is 2.56 bits per heavy atom. The smallest absolute Gasteiger partial charge is 0.129 e. The molecule has 0 aliphatic heterocycles. The van der Waals surface area contributed by atoms with E-state index in [0.717, 1.165) is 11.4 Å². The van der Waals surface area contributed by atoms with Crippen molar-refractivity contribution in [2.45, 2.75) is 13.0 Å². The molecular formula is C13H18N2O. The van der Waals surface area contributed by atoms with Crippen molar-refractivity contribution in [3.05, 3.63) is 49.2 Å². The summed E-state index contributed by atoms with van der Waals surface area (Å²) in [6.45, 7) is 10.6. The van der Waals surface area contributed by atoms with Crippen LogP contribution in [0.3, 0.4) is 0 Å². The fraction of sp³-hybridized carbons (Fsp3) is 0.308. The van der Waals surface area contributed by atoms with Gasteiger partial charge in [-0.2, -0.15) is 0 Å². The van der Waals surface area contributed by atoms with Crippen LogP contribution in [0, 0.1) is 0 Å². The van der Waals surface area contributed by atoms with E-state index in [2.05, 4.69) is 18.1 Å². The molecule has 0 saturated heterocycles. The summed E-state index contributed by atoms with van der Waals surface area (Å²) >= 11 is 0. The minimum atomic E-state index is -0.476. The summed E-state index contributed by atoms with van der Waals surface area (Å²) in [5.74, 6) is 0.832. The third-order valence-corrected chi connectivity index (χ3v) is 2.27. The van der Waals surface area contributed by atoms with E-state index < -0.39 is 6.10 Å². The van der Waals surface area contributed by atoms with E-state index in [-0.39, 0.29) is 0 Å². The minimum absolute atomic E-state index is 0.476. The summed E-state index contributed by atoms with van der Waals surface area (Å²) in [4.78, 5) is 6.31. The summed E-state index contributed by atoms with van der Waals surface area (Å²) in [5, 5.41) is 9.50. The molecule has 86 valence electrons. The van der Waals surface area contributed by atoms with Gasteiger partial charge in [-0.3, -0.25) is 0 Å². The standard InChI is InChI=1S/C13H18N2O/c1-4-8-15(9-5-2)13-10-12(11(3)16)6-7-14-13/h4-7,10-11,16H,1-2,8-9H2,3H3/t11-/m1/s1. The number of hydrogen-bond donors (Lipinski definition) is 1. The Morgan fingerprint density at radius 1 is 1.44 bits per heavy atom. The highest BCUT2D eigenvalue weighted by Gasteiger charge is 2.07. The fourth-order valence-corrected chi connectivity index (χ4v) is 1.44. The van der Waals surface area contributed by atoms with Crippen molar-refractivity contribution < 1.29 is 5.11 Å². The number of anilines is 1. The van der Waals surface area contributed by atoms with E-state index in [1.165, 1.54) is 0 Å². The van der Waals surface area contributed by atoms with E-state index in [0.29, 0.717) is 13.1 Å². The number of pyridine rings is 1. The maximum absolute atomic E-state index is 9.50. The molecular weight excluding hydrogens is 200 g/mol. The molecule has 0 fully saturated rings. The van der Waals surface area contributed by atoms with Crippen molar-refractivity contribution in [2.75, 3.05) is 18.0 Å². The highest BCUT2D eigenvalue weighted by atomic mass is 16.3. The predicted molar refractivity (Wildman–Crippen MR) is 67.5 cm³/mol. The van der Waals surface area contributed by atoms with Crippen LogP contribution in [-0.4, -0.2) is 23.2 Å². The molecule has 1 rings (SSSR count). The van der Waals surface area contributed by atoms with Crippen molar-refractivity contribution in [2.24, 2.45) is 0 Å². The van der Waals surface area contributed by atoms with Crippen molar-refractivity contribution >= 4 is 5.82 Å². The first-order valence-electron chi connectivity index (χ1n) is 5.29. The van der Waals surface area contributed by atoms with Crippen LogP contribution in [0.1, 0.15) is 18.6 Å². The van der Waals surface area contributed by atoms with Crippen LogP contribution < -0.4 is 4.90 Å². The molecule has 0 aromatic carbocycles. The quantitative estimate of drug-likeness (QED) is 0.744. The first-order chi connectivity index (χ1) is 7.69. The highest BCUT2D eigenvalue weighted by molar-refractivity contribution is 5.42. The van der Waals surface area contributed by atoms with Crippen LogP contribution in [0.25, 0.3) is 0 Å². The summed E-state index contributed by atoms with van der Waals surface area (Å²) in [6.07, 6.45) is 4.87. The number of rotatable bonds is 6. The molecule has 0 radical (unpaired) electrons. The van der Waals surface area contributed by atoms with E-state index in [1.807, 2.05) is 29.2 Å². The van der Waals surface area contributed by atoms with Gasteiger partial charge in [0.15, 0.2) is 0 Å². The summed E-state index contributed by atoms with van der Waals surface area (Å²) in [7, 11) is 0. The third kappa shape index (κ3) is 3.21. The molecule has 1 aromatic rings. The van der Waals surface area contributed by atoms with Gasteiger partial charge in [-0.05, 0) is 24.6 Å². The molecule has 1 atom stereocenters. The molecule has 0 aliphatic carbocycles. The van der Waals surface area contributed by atoms with Crippen LogP contribution in [0.2, 0.25) is 0 Å². The van der Waals surface area contributed by atoms with Crippen LogP contribution in [0.5, 0.6) is 0 Å². The molecule has 0 saturated carbocycles. The van der Waals surface area contributed by atoms with Gasteiger partial charge in [0, 0.05) is 19.3 Å². The molecule has 16 heavy (non-hydrogen) atoms. The highest BCUT2D eigenvalue weighted by Crippen LogP contribution is 2.17. The topological polar surface area (TPSA) is 36.4 Å². The monoisotopic (exact) mass is 218 g/mol. The second-order valence-electron chi connectivity index (χ2n) is 3.61. The van der Waals surface area contributed by atoms with Gasteiger partial charge in [-0.15, -0.1) is 13.2 Å². The molecule has 1 heterocycles. The molecule has 0 bridgehead atoms. The summed E-state index contributed by atoms with van der Waals surface area (Å²) < 4.78 is 0. The number of nitrogens with zero attached hydrogens (tertiary/aromatic N) is 2. The van der Waals surface area contributed by atoms with Crippen LogP contribution in [0.4, 0.5) is 5.82 Å². The number of aliphatic hydroxyl groups excluding tert-OH is 1. The molecule has 0 amide bonds. The predicted octanol–water partition coefficient (Wildman–Crippen LogP) is 2.31. The zero-order valence-corrected chi connectivity index (χ0v) is 9.63. The average Bonchev–Trinajstić information content (AvgIpc) is 2.29. The first kappa shape index (κ1) is 12.5. The summed E-state index contributed by atoms with van der Waals surface area (Å²) in [6, 6.07) is 3.70. The molecule has 0 spiro atoms. The van der Waals surface area contributed by atoms with Crippen molar-refractivity contribution in [1.82, 2.24) is 4.98 Å². The zero-order chi connectivity index (χ0) is 12.0. The Balaban J connectivity index is 2.94. The van der Waals surface area contributed by atoms with Crippen molar-refractivity contribution in [1.29, 1.82) is 0 Å². The Kier molecular flexibility index (Phi) is 4.73. The Morgan fingerprint density at radius 2 is 2.06 bits per heavy atom. The van der Waals surface area contributed by atoms with Gasteiger partial charge < -0.3 is 10.0 Å². The van der Waals surface area contributed by atoms with Gasteiger partial charge in [0.2, 0.25) is 0 Å². The largest absolute Gasteiger partial charge is 0.389 e. The lowest BCUT2D eigenvalue weighted by Gasteiger charge is -2.21. The van der Waals surface area contributed by atoms with Crippen LogP contribution in [0.15, 0.2) is 43.6 Å². The second kappa shape index (κ2) is 6.08. The van der Waals surface area contributed by atoms with Gasteiger partial charge in [-0.1, -0.05) is 12.2 Å². The normalized spacial score (nSPS) is 11.9. The number of aliphatic hydroxyl groups is 1. The average molecular weight is 218 g/mol. The zero-order valence-electron chi connectivity index (χ0n) is 9.63. The Bertz CT molecular complexity index is 351. The van der Waals surface area contributed by atoms with Crippen molar-refractivity contribution in [3.63, 3.8) is 0 Å².